The summed E-state index contributed by atoms with van der Waals surface area (Å²) in [7, 11) is 1.83. The van der Waals surface area contributed by atoms with E-state index in [2.05, 4.69) is 36.1 Å². The second-order valence-electron chi connectivity index (χ2n) is 9.99. The molecular formula is C27H33N5O2. The summed E-state index contributed by atoms with van der Waals surface area (Å²) >= 11 is 0. The SMILES string of the molecule is Cc1ccccc1N1CN(Cc2ccc(C(=O)Nc3cc(C(C)(C)C)nn3C)cc2)CCC1=O. The van der Waals surface area contributed by atoms with Gasteiger partial charge in [0.1, 0.15) is 5.82 Å². The molecule has 7 heteroatoms. The van der Waals surface area contributed by atoms with Gasteiger partial charge in [-0.2, -0.15) is 5.10 Å². The van der Waals surface area contributed by atoms with Gasteiger partial charge in [0.25, 0.3) is 5.91 Å². The van der Waals surface area contributed by atoms with Gasteiger partial charge < -0.3 is 5.32 Å². The second-order valence-corrected chi connectivity index (χ2v) is 9.99. The van der Waals surface area contributed by atoms with Crippen LogP contribution in [0.15, 0.2) is 54.6 Å². The van der Waals surface area contributed by atoms with Gasteiger partial charge in [0.2, 0.25) is 5.91 Å². The maximum absolute atomic E-state index is 12.8. The molecule has 1 saturated heterocycles. The summed E-state index contributed by atoms with van der Waals surface area (Å²) in [5.74, 6) is 0.667. The number of nitrogens with zero attached hydrogens (tertiary/aromatic N) is 4. The van der Waals surface area contributed by atoms with Gasteiger partial charge in [-0.3, -0.25) is 24.1 Å². The minimum atomic E-state index is -0.163. The van der Waals surface area contributed by atoms with Crippen molar-refractivity contribution in [3.8, 4) is 0 Å². The Bertz CT molecular complexity index is 1190. The van der Waals surface area contributed by atoms with Crippen LogP contribution in [0.3, 0.4) is 0 Å². The van der Waals surface area contributed by atoms with Crippen molar-refractivity contribution >= 4 is 23.3 Å². The third-order valence-corrected chi connectivity index (χ3v) is 6.20. The van der Waals surface area contributed by atoms with E-state index in [-0.39, 0.29) is 17.2 Å². The number of hydrogen-bond donors (Lipinski definition) is 1. The lowest BCUT2D eigenvalue weighted by molar-refractivity contribution is -0.121. The van der Waals surface area contributed by atoms with Gasteiger partial charge in [0, 0.05) is 49.3 Å². The standard InChI is InChI=1S/C27H33N5O2/c1-19-8-6-7-9-22(19)32-18-31(15-14-25(32)33)17-20-10-12-21(13-11-20)26(34)28-24-16-23(27(2,3)4)29-30(24)5/h6-13,16H,14-15,17-18H2,1-5H3,(H,28,34). The molecule has 1 aliphatic rings. The molecule has 2 amide bonds. The number of carbonyl (C=O) groups is 2. The van der Waals surface area contributed by atoms with E-state index in [9.17, 15) is 9.59 Å². The highest BCUT2D eigenvalue weighted by Crippen LogP contribution is 2.25. The average molecular weight is 460 g/mol. The molecular weight excluding hydrogens is 426 g/mol. The summed E-state index contributed by atoms with van der Waals surface area (Å²) < 4.78 is 1.70. The number of benzene rings is 2. The van der Waals surface area contributed by atoms with Gasteiger partial charge in [-0.05, 0) is 36.2 Å². The van der Waals surface area contributed by atoms with E-state index >= 15 is 0 Å². The van der Waals surface area contributed by atoms with Crippen molar-refractivity contribution < 1.29 is 9.59 Å². The maximum Gasteiger partial charge on any atom is 0.256 e. The molecule has 1 aliphatic heterocycles. The number of carbonyl (C=O) groups excluding carboxylic acids is 2. The summed E-state index contributed by atoms with van der Waals surface area (Å²) in [6.45, 7) is 10.3. The zero-order valence-corrected chi connectivity index (χ0v) is 20.6. The minimum Gasteiger partial charge on any atom is -0.307 e. The van der Waals surface area contributed by atoms with E-state index in [1.54, 1.807) is 4.68 Å². The van der Waals surface area contributed by atoms with Crippen molar-refractivity contribution in [1.82, 2.24) is 14.7 Å². The molecule has 1 aromatic heterocycles. The molecule has 3 aromatic rings. The van der Waals surface area contributed by atoms with Crippen molar-refractivity contribution in [2.75, 3.05) is 23.4 Å². The number of amides is 2. The van der Waals surface area contributed by atoms with Gasteiger partial charge in [-0.1, -0.05) is 51.1 Å². The smallest absolute Gasteiger partial charge is 0.256 e. The highest BCUT2D eigenvalue weighted by molar-refractivity contribution is 6.03. The number of aryl methyl sites for hydroxylation is 2. The topological polar surface area (TPSA) is 70.5 Å². The van der Waals surface area contributed by atoms with Crippen LogP contribution in [0, 0.1) is 6.92 Å². The maximum atomic E-state index is 12.8. The Labute approximate surface area is 201 Å². The van der Waals surface area contributed by atoms with Crippen LogP contribution < -0.4 is 10.2 Å². The molecule has 0 bridgehead atoms. The summed E-state index contributed by atoms with van der Waals surface area (Å²) in [5.41, 5.74) is 4.60. The first-order valence-corrected chi connectivity index (χ1v) is 11.6. The van der Waals surface area contributed by atoms with Crippen molar-refractivity contribution in [1.29, 1.82) is 0 Å². The van der Waals surface area contributed by atoms with Crippen LogP contribution in [0.25, 0.3) is 0 Å². The molecule has 0 spiro atoms. The fraction of sp³-hybridized carbons (Fsp3) is 0.370. The lowest BCUT2D eigenvalue weighted by atomic mass is 9.92. The first-order valence-electron chi connectivity index (χ1n) is 11.6. The predicted octanol–water partition coefficient (Wildman–Crippen LogP) is 4.47. The van der Waals surface area contributed by atoms with E-state index in [0.29, 0.717) is 31.0 Å². The average Bonchev–Trinajstić information content (AvgIpc) is 3.17. The third-order valence-electron chi connectivity index (χ3n) is 6.20. The van der Waals surface area contributed by atoms with E-state index < -0.39 is 0 Å². The van der Waals surface area contributed by atoms with E-state index in [4.69, 9.17) is 0 Å². The largest absolute Gasteiger partial charge is 0.307 e. The lowest BCUT2D eigenvalue weighted by Gasteiger charge is -2.36. The first kappa shape index (κ1) is 23.7. The molecule has 0 unspecified atom stereocenters. The van der Waals surface area contributed by atoms with Crippen LogP contribution in [0.1, 0.15) is 54.4 Å². The van der Waals surface area contributed by atoms with Crippen molar-refractivity contribution in [2.45, 2.75) is 46.1 Å². The van der Waals surface area contributed by atoms with Gasteiger partial charge in [0.05, 0.1) is 12.4 Å². The van der Waals surface area contributed by atoms with Crippen LogP contribution in [-0.4, -0.2) is 39.7 Å². The van der Waals surface area contributed by atoms with Crippen LogP contribution >= 0.6 is 0 Å². The van der Waals surface area contributed by atoms with Crippen LogP contribution in [-0.2, 0) is 23.8 Å². The molecule has 178 valence electrons. The van der Waals surface area contributed by atoms with Crippen molar-refractivity contribution in [3.05, 3.63) is 77.0 Å². The Morgan fingerprint density at radius 2 is 1.79 bits per heavy atom. The summed E-state index contributed by atoms with van der Waals surface area (Å²) in [6, 6.07) is 17.6. The Kier molecular flexibility index (Phi) is 6.57. The van der Waals surface area contributed by atoms with Gasteiger partial charge in [-0.25, -0.2) is 0 Å². The molecule has 1 fully saturated rings. The third kappa shape index (κ3) is 5.20. The Hall–Kier alpha value is -3.45. The fourth-order valence-electron chi connectivity index (χ4n) is 4.10. The molecule has 0 atom stereocenters. The molecule has 0 radical (unpaired) electrons. The highest BCUT2D eigenvalue weighted by Gasteiger charge is 2.26. The molecule has 0 aliphatic carbocycles. The van der Waals surface area contributed by atoms with E-state index in [0.717, 1.165) is 29.1 Å². The molecule has 34 heavy (non-hydrogen) atoms. The monoisotopic (exact) mass is 459 g/mol. The fourth-order valence-corrected chi connectivity index (χ4v) is 4.10. The summed E-state index contributed by atoms with van der Waals surface area (Å²) in [4.78, 5) is 29.4. The van der Waals surface area contributed by atoms with Crippen molar-refractivity contribution in [3.63, 3.8) is 0 Å². The number of para-hydroxylation sites is 1. The molecule has 1 N–H and O–H groups in total. The summed E-state index contributed by atoms with van der Waals surface area (Å²) in [6.07, 6.45) is 0.496. The molecule has 4 rings (SSSR count). The number of anilines is 2. The van der Waals surface area contributed by atoms with Gasteiger partial charge in [0.15, 0.2) is 0 Å². The quantitative estimate of drug-likeness (QED) is 0.611. The lowest BCUT2D eigenvalue weighted by Crippen LogP contribution is -2.48. The zero-order valence-electron chi connectivity index (χ0n) is 20.6. The second kappa shape index (κ2) is 9.43. The van der Waals surface area contributed by atoms with E-state index in [1.807, 2.05) is 73.5 Å². The summed E-state index contributed by atoms with van der Waals surface area (Å²) in [5, 5.41) is 7.48. The predicted molar refractivity (Wildman–Crippen MR) is 135 cm³/mol. The van der Waals surface area contributed by atoms with Crippen LogP contribution in [0.4, 0.5) is 11.5 Å². The Morgan fingerprint density at radius 1 is 1.09 bits per heavy atom. The zero-order chi connectivity index (χ0) is 24.5. The number of nitrogens with one attached hydrogen (secondary N) is 1. The van der Waals surface area contributed by atoms with Gasteiger partial charge in [-0.15, -0.1) is 0 Å². The minimum absolute atomic E-state index is 0.0871. The molecule has 2 aromatic carbocycles. The van der Waals surface area contributed by atoms with Crippen molar-refractivity contribution in [2.24, 2.45) is 7.05 Å². The molecule has 7 nitrogen and oxygen atoms in total. The number of hydrogen-bond acceptors (Lipinski definition) is 4. The van der Waals surface area contributed by atoms with Gasteiger partial charge >= 0.3 is 0 Å². The van der Waals surface area contributed by atoms with E-state index in [1.165, 1.54) is 0 Å². The number of rotatable bonds is 5. The van der Waals surface area contributed by atoms with Crippen LogP contribution in [0.2, 0.25) is 0 Å². The Balaban J connectivity index is 1.40. The Morgan fingerprint density at radius 3 is 2.44 bits per heavy atom. The normalized spacial score (nSPS) is 15.0. The molecule has 0 saturated carbocycles. The first-order chi connectivity index (χ1) is 16.1. The number of aromatic nitrogens is 2. The van der Waals surface area contributed by atoms with Crippen LogP contribution in [0.5, 0.6) is 0 Å². The molecule has 2 heterocycles. The highest BCUT2D eigenvalue weighted by atomic mass is 16.2.